The summed E-state index contributed by atoms with van der Waals surface area (Å²) in [5, 5.41) is 9.04. The first-order valence-electron chi connectivity index (χ1n) is 6.43. The van der Waals surface area contributed by atoms with Crippen molar-refractivity contribution in [3.05, 3.63) is 23.8 Å². The summed E-state index contributed by atoms with van der Waals surface area (Å²) in [7, 11) is -1.67. The molecule has 0 spiro atoms. The van der Waals surface area contributed by atoms with E-state index in [9.17, 15) is 8.42 Å². The Morgan fingerprint density at radius 3 is 2.65 bits per heavy atom. The molecular formula is C13H18N4O2S. The summed E-state index contributed by atoms with van der Waals surface area (Å²) < 4.78 is 27.4. The van der Waals surface area contributed by atoms with Crippen LogP contribution in [0.2, 0.25) is 0 Å². The van der Waals surface area contributed by atoms with Gasteiger partial charge in [-0.25, -0.2) is 13.1 Å². The number of nitriles is 1. The first-order valence-corrected chi connectivity index (χ1v) is 7.91. The molecule has 0 unspecified atom stereocenters. The van der Waals surface area contributed by atoms with Crippen LogP contribution in [0.5, 0.6) is 0 Å². The van der Waals surface area contributed by atoms with Crippen LogP contribution in [0.3, 0.4) is 0 Å². The molecule has 0 aliphatic carbocycles. The fourth-order valence-corrected chi connectivity index (χ4v) is 3.72. The van der Waals surface area contributed by atoms with Crippen LogP contribution in [0.4, 0.5) is 5.69 Å². The number of anilines is 1. The average Bonchev–Trinajstić information content (AvgIpc) is 2.40. The number of nitrogens with one attached hydrogen (secondary N) is 1. The highest BCUT2D eigenvalue weighted by atomic mass is 32.2. The zero-order valence-corrected chi connectivity index (χ0v) is 12.2. The molecule has 1 aromatic rings. The molecule has 0 saturated carbocycles. The fourth-order valence-electron chi connectivity index (χ4n) is 2.28. The van der Waals surface area contributed by atoms with Crippen molar-refractivity contribution in [2.45, 2.75) is 23.8 Å². The number of rotatable bonds is 3. The first-order chi connectivity index (χ1) is 9.42. The summed E-state index contributed by atoms with van der Waals surface area (Å²) in [6.45, 7) is 1.72. The Hall–Kier alpha value is -1.62. The van der Waals surface area contributed by atoms with Gasteiger partial charge in [-0.1, -0.05) is 0 Å². The van der Waals surface area contributed by atoms with E-state index >= 15 is 0 Å². The lowest BCUT2D eigenvalue weighted by molar-refractivity contribution is 0.248. The molecule has 0 radical (unpaired) electrons. The second-order valence-electron chi connectivity index (χ2n) is 5.07. The van der Waals surface area contributed by atoms with Gasteiger partial charge in [0.1, 0.15) is 6.07 Å². The number of hydrogen-bond donors (Lipinski definition) is 2. The highest BCUT2D eigenvalue weighted by molar-refractivity contribution is 7.89. The van der Waals surface area contributed by atoms with Crippen molar-refractivity contribution in [1.82, 2.24) is 9.62 Å². The van der Waals surface area contributed by atoms with Gasteiger partial charge in [0.15, 0.2) is 0 Å². The van der Waals surface area contributed by atoms with Crippen LogP contribution < -0.4 is 10.5 Å². The molecule has 1 aromatic carbocycles. The zero-order valence-electron chi connectivity index (χ0n) is 11.3. The average molecular weight is 294 g/mol. The summed E-state index contributed by atoms with van der Waals surface area (Å²) in [6, 6.07) is 6.04. The molecule has 2 rings (SSSR count). The molecular weight excluding hydrogens is 276 g/mol. The molecule has 108 valence electrons. The molecule has 1 fully saturated rings. The van der Waals surface area contributed by atoms with Crippen molar-refractivity contribution < 1.29 is 8.42 Å². The van der Waals surface area contributed by atoms with Crippen LogP contribution in [-0.2, 0) is 10.0 Å². The third kappa shape index (κ3) is 3.28. The highest BCUT2D eigenvalue weighted by Gasteiger charge is 2.25. The molecule has 1 heterocycles. The molecule has 0 aromatic heterocycles. The van der Waals surface area contributed by atoms with Gasteiger partial charge >= 0.3 is 0 Å². The summed E-state index contributed by atoms with van der Waals surface area (Å²) in [6.07, 6.45) is 1.54. The van der Waals surface area contributed by atoms with Crippen molar-refractivity contribution in [2.75, 3.05) is 25.9 Å². The molecule has 1 aliphatic rings. The van der Waals surface area contributed by atoms with Gasteiger partial charge in [0.05, 0.1) is 10.5 Å². The van der Waals surface area contributed by atoms with E-state index in [4.69, 9.17) is 11.0 Å². The van der Waals surface area contributed by atoms with E-state index in [2.05, 4.69) is 9.62 Å². The third-order valence-electron chi connectivity index (χ3n) is 3.45. The van der Waals surface area contributed by atoms with Gasteiger partial charge in [-0.15, -0.1) is 0 Å². The molecule has 1 saturated heterocycles. The lowest BCUT2D eigenvalue weighted by Crippen LogP contribution is -2.43. The zero-order chi connectivity index (χ0) is 14.8. The van der Waals surface area contributed by atoms with Gasteiger partial charge in [-0.05, 0) is 51.2 Å². The largest absolute Gasteiger partial charge is 0.399 e. The number of nitrogen functional groups attached to an aromatic ring is 1. The standard InChI is InChI=1S/C13H18N4O2S/c1-17-6-4-12(5-7-17)16-20(18,19)13-3-2-11(15)8-10(13)9-14/h2-3,8,12,16H,4-7,15H2,1H3. The highest BCUT2D eigenvalue weighted by Crippen LogP contribution is 2.20. The maximum atomic E-state index is 12.4. The van der Waals surface area contributed by atoms with Gasteiger partial charge in [0.25, 0.3) is 0 Å². The van der Waals surface area contributed by atoms with Gasteiger partial charge in [0, 0.05) is 11.7 Å². The molecule has 7 heteroatoms. The van der Waals surface area contributed by atoms with E-state index in [0.717, 1.165) is 25.9 Å². The number of nitrogens with zero attached hydrogens (tertiary/aromatic N) is 2. The Kier molecular flexibility index (Phi) is 4.28. The number of benzene rings is 1. The Bertz CT molecular complexity index is 628. The SMILES string of the molecule is CN1CCC(NS(=O)(=O)c2ccc(N)cc2C#N)CC1. The van der Waals surface area contributed by atoms with E-state index in [1.54, 1.807) is 0 Å². The van der Waals surface area contributed by atoms with Gasteiger partial charge in [0.2, 0.25) is 10.0 Å². The Balaban J connectivity index is 2.21. The minimum absolute atomic E-state index is 0.00636. The lowest BCUT2D eigenvalue weighted by Gasteiger charge is -2.29. The molecule has 0 bridgehead atoms. The number of nitrogens with two attached hydrogens (primary N) is 1. The maximum absolute atomic E-state index is 12.4. The number of sulfonamides is 1. The van der Waals surface area contributed by atoms with Crippen molar-refractivity contribution in [3.8, 4) is 6.07 Å². The monoisotopic (exact) mass is 294 g/mol. The quantitative estimate of drug-likeness (QED) is 0.791. The molecule has 0 atom stereocenters. The topological polar surface area (TPSA) is 99.2 Å². The summed E-state index contributed by atoms with van der Waals surface area (Å²) in [5.41, 5.74) is 6.02. The van der Waals surface area contributed by atoms with Crippen LogP contribution in [0.15, 0.2) is 23.1 Å². The second kappa shape index (κ2) is 5.79. The van der Waals surface area contributed by atoms with Crippen molar-refractivity contribution in [2.24, 2.45) is 0 Å². The summed E-state index contributed by atoms with van der Waals surface area (Å²) >= 11 is 0. The van der Waals surface area contributed by atoms with Crippen molar-refractivity contribution >= 4 is 15.7 Å². The minimum Gasteiger partial charge on any atom is -0.399 e. The van der Waals surface area contributed by atoms with Crippen LogP contribution >= 0.6 is 0 Å². The van der Waals surface area contributed by atoms with Gasteiger partial charge in [-0.3, -0.25) is 0 Å². The Labute approximate surface area is 119 Å². The first kappa shape index (κ1) is 14.8. The fraction of sp³-hybridized carbons (Fsp3) is 0.462. The molecule has 20 heavy (non-hydrogen) atoms. The normalized spacial score (nSPS) is 17.8. The minimum atomic E-state index is -3.68. The van der Waals surface area contributed by atoms with Crippen LogP contribution in [0.25, 0.3) is 0 Å². The molecule has 0 amide bonds. The van der Waals surface area contributed by atoms with Crippen LogP contribution in [-0.4, -0.2) is 39.5 Å². The van der Waals surface area contributed by atoms with E-state index in [-0.39, 0.29) is 16.5 Å². The predicted molar refractivity (Wildman–Crippen MR) is 76.4 cm³/mol. The molecule has 6 nitrogen and oxygen atoms in total. The van der Waals surface area contributed by atoms with Crippen molar-refractivity contribution in [1.29, 1.82) is 5.26 Å². The van der Waals surface area contributed by atoms with E-state index in [1.807, 2.05) is 13.1 Å². The van der Waals surface area contributed by atoms with Gasteiger partial charge in [-0.2, -0.15) is 5.26 Å². The van der Waals surface area contributed by atoms with E-state index in [1.165, 1.54) is 18.2 Å². The Morgan fingerprint density at radius 2 is 2.05 bits per heavy atom. The molecule has 1 aliphatic heterocycles. The lowest BCUT2D eigenvalue weighted by atomic mass is 10.1. The van der Waals surface area contributed by atoms with Gasteiger partial charge < -0.3 is 10.6 Å². The van der Waals surface area contributed by atoms with E-state index < -0.39 is 10.0 Å². The number of hydrogen-bond acceptors (Lipinski definition) is 5. The summed E-state index contributed by atoms with van der Waals surface area (Å²) in [5.74, 6) is 0. The maximum Gasteiger partial charge on any atom is 0.242 e. The number of likely N-dealkylation sites (tertiary alicyclic amines) is 1. The van der Waals surface area contributed by atoms with Crippen LogP contribution in [0, 0.1) is 11.3 Å². The smallest absolute Gasteiger partial charge is 0.242 e. The number of piperidine rings is 1. The van der Waals surface area contributed by atoms with Crippen molar-refractivity contribution in [3.63, 3.8) is 0 Å². The van der Waals surface area contributed by atoms with E-state index in [0.29, 0.717) is 5.69 Å². The second-order valence-corrected chi connectivity index (χ2v) is 6.75. The van der Waals surface area contributed by atoms with Crippen LogP contribution in [0.1, 0.15) is 18.4 Å². The third-order valence-corrected chi connectivity index (χ3v) is 5.03. The Morgan fingerprint density at radius 1 is 1.40 bits per heavy atom. The molecule has 3 N–H and O–H groups in total. The summed E-state index contributed by atoms with van der Waals surface area (Å²) in [4.78, 5) is 2.16. The predicted octanol–water partition coefficient (Wildman–Crippen LogP) is 0.513.